The van der Waals surface area contributed by atoms with Crippen LogP contribution in [-0.2, 0) is 13.1 Å². The van der Waals surface area contributed by atoms with E-state index >= 15 is 0 Å². The first-order valence-corrected chi connectivity index (χ1v) is 8.67. The van der Waals surface area contributed by atoms with E-state index in [0.29, 0.717) is 6.04 Å². The lowest BCUT2D eigenvalue weighted by Gasteiger charge is -2.40. The van der Waals surface area contributed by atoms with Crippen molar-refractivity contribution in [3.05, 3.63) is 71.8 Å². The van der Waals surface area contributed by atoms with E-state index in [-0.39, 0.29) is 0 Å². The minimum Gasteiger partial charge on any atom is -0.390 e. The van der Waals surface area contributed by atoms with Crippen LogP contribution in [0.5, 0.6) is 0 Å². The molecule has 0 aliphatic heterocycles. The van der Waals surface area contributed by atoms with Gasteiger partial charge in [-0.15, -0.1) is 0 Å². The third-order valence-corrected chi connectivity index (χ3v) is 4.90. The summed E-state index contributed by atoms with van der Waals surface area (Å²) in [6.07, 6.45) is 4.08. The molecule has 122 valence electrons. The Morgan fingerprint density at radius 3 is 1.96 bits per heavy atom. The molecule has 2 aromatic rings. The molecule has 1 N–H and O–H groups in total. The molecule has 23 heavy (non-hydrogen) atoms. The van der Waals surface area contributed by atoms with Gasteiger partial charge in [0, 0.05) is 19.1 Å². The van der Waals surface area contributed by atoms with Crippen LogP contribution in [0.3, 0.4) is 0 Å². The summed E-state index contributed by atoms with van der Waals surface area (Å²) >= 11 is 0. The van der Waals surface area contributed by atoms with Gasteiger partial charge in [-0.3, -0.25) is 4.90 Å². The van der Waals surface area contributed by atoms with Gasteiger partial charge in [0.05, 0.1) is 5.60 Å². The van der Waals surface area contributed by atoms with Gasteiger partial charge in [-0.2, -0.15) is 0 Å². The molecule has 1 fully saturated rings. The standard InChI is InChI=1S/C21H27NO/c1-21(23)14-8-13-20(15-21)22(16-18-9-4-2-5-10-18)17-19-11-6-3-7-12-19/h2-7,9-12,20,23H,8,13-17H2,1H3/t20-,21+/m1/s1. The summed E-state index contributed by atoms with van der Waals surface area (Å²) in [4.78, 5) is 2.54. The molecule has 0 aromatic heterocycles. The van der Waals surface area contributed by atoms with Gasteiger partial charge in [0.25, 0.3) is 0 Å². The van der Waals surface area contributed by atoms with Crippen LogP contribution in [0.2, 0.25) is 0 Å². The van der Waals surface area contributed by atoms with Crippen molar-refractivity contribution in [1.82, 2.24) is 4.90 Å². The average Bonchev–Trinajstić information content (AvgIpc) is 2.55. The van der Waals surface area contributed by atoms with E-state index in [1.165, 1.54) is 17.5 Å². The van der Waals surface area contributed by atoms with Crippen molar-refractivity contribution in [3.8, 4) is 0 Å². The molecule has 3 rings (SSSR count). The molecule has 1 aliphatic carbocycles. The topological polar surface area (TPSA) is 23.5 Å². The van der Waals surface area contributed by atoms with E-state index < -0.39 is 5.60 Å². The summed E-state index contributed by atoms with van der Waals surface area (Å²) < 4.78 is 0. The normalized spacial score (nSPS) is 24.7. The van der Waals surface area contributed by atoms with Crippen molar-refractivity contribution >= 4 is 0 Å². The van der Waals surface area contributed by atoms with Gasteiger partial charge in [-0.25, -0.2) is 0 Å². The van der Waals surface area contributed by atoms with Crippen LogP contribution in [0.25, 0.3) is 0 Å². The first-order valence-electron chi connectivity index (χ1n) is 8.67. The van der Waals surface area contributed by atoms with Gasteiger partial charge in [0.15, 0.2) is 0 Å². The largest absolute Gasteiger partial charge is 0.390 e. The first kappa shape index (κ1) is 16.2. The molecule has 1 saturated carbocycles. The number of hydrogen-bond donors (Lipinski definition) is 1. The van der Waals surface area contributed by atoms with Crippen molar-refractivity contribution in [1.29, 1.82) is 0 Å². The summed E-state index contributed by atoms with van der Waals surface area (Å²) in [5.74, 6) is 0. The maximum Gasteiger partial charge on any atom is 0.0634 e. The van der Waals surface area contributed by atoms with Gasteiger partial charge in [0.1, 0.15) is 0 Å². The van der Waals surface area contributed by atoms with E-state index in [0.717, 1.165) is 32.4 Å². The molecule has 2 aromatic carbocycles. The SMILES string of the molecule is C[C@]1(O)CCC[C@@H](N(Cc2ccccc2)Cc2ccccc2)C1. The fourth-order valence-corrected chi connectivity index (χ4v) is 3.69. The predicted octanol–water partition coefficient (Wildman–Crippen LogP) is 4.38. The highest BCUT2D eigenvalue weighted by Crippen LogP contribution is 2.32. The molecule has 2 atom stereocenters. The summed E-state index contributed by atoms with van der Waals surface area (Å²) in [6.45, 7) is 3.87. The quantitative estimate of drug-likeness (QED) is 0.886. The zero-order valence-electron chi connectivity index (χ0n) is 14.0. The van der Waals surface area contributed by atoms with Crippen molar-refractivity contribution < 1.29 is 5.11 Å². The van der Waals surface area contributed by atoms with Crippen molar-refractivity contribution in [3.63, 3.8) is 0 Å². The van der Waals surface area contributed by atoms with Gasteiger partial charge >= 0.3 is 0 Å². The number of nitrogens with zero attached hydrogens (tertiary/aromatic N) is 1. The molecule has 0 bridgehead atoms. The molecule has 0 radical (unpaired) electrons. The lowest BCUT2D eigenvalue weighted by Crippen LogP contribution is -2.44. The number of hydrogen-bond acceptors (Lipinski definition) is 2. The Balaban J connectivity index is 1.78. The second-order valence-electron chi connectivity index (χ2n) is 7.12. The summed E-state index contributed by atoms with van der Waals surface area (Å²) in [5, 5.41) is 10.5. The van der Waals surface area contributed by atoms with E-state index in [9.17, 15) is 5.11 Å². The smallest absolute Gasteiger partial charge is 0.0634 e. The fraction of sp³-hybridized carbons (Fsp3) is 0.429. The van der Waals surface area contributed by atoms with Crippen LogP contribution in [0.15, 0.2) is 60.7 Å². The average molecular weight is 309 g/mol. The Morgan fingerprint density at radius 2 is 1.48 bits per heavy atom. The lowest BCUT2D eigenvalue weighted by molar-refractivity contribution is -0.0203. The van der Waals surface area contributed by atoms with Crippen LogP contribution in [0, 0.1) is 0 Å². The monoisotopic (exact) mass is 309 g/mol. The second-order valence-corrected chi connectivity index (χ2v) is 7.12. The number of aliphatic hydroxyl groups is 1. The summed E-state index contributed by atoms with van der Waals surface area (Å²) in [7, 11) is 0. The Morgan fingerprint density at radius 1 is 0.957 bits per heavy atom. The zero-order valence-corrected chi connectivity index (χ0v) is 14.0. The van der Waals surface area contributed by atoms with Crippen LogP contribution in [0.1, 0.15) is 43.7 Å². The van der Waals surface area contributed by atoms with Crippen molar-refractivity contribution in [2.24, 2.45) is 0 Å². The van der Waals surface area contributed by atoms with Gasteiger partial charge in [0.2, 0.25) is 0 Å². The van der Waals surface area contributed by atoms with E-state index in [1.807, 2.05) is 6.92 Å². The van der Waals surface area contributed by atoms with Crippen LogP contribution in [-0.4, -0.2) is 21.6 Å². The van der Waals surface area contributed by atoms with Crippen molar-refractivity contribution in [2.45, 2.75) is 57.3 Å². The minimum absolute atomic E-state index is 0.444. The molecule has 0 heterocycles. The fourth-order valence-electron chi connectivity index (χ4n) is 3.69. The maximum atomic E-state index is 10.5. The van der Waals surface area contributed by atoms with E-state index in [2.05, 4.69) is 65.6 Å². The Kier molecular flexibility index (Phi) is 5.14. The molecule has 0 unspecified atom stereocenters. The highest BCUT2D eigenvalue weighted by Gasteiger charge is 2.33. The van der Waals surface area contributed by atoms with Crippen LogP contribution in [0.4, 0.5) is 0 Å². The van der Waals surface area contributed by atoms with Crippen molar-refractivity contribution in [2.75, 3.05) is 0 Å². The van der Waals surface area contributed by atoms with E-state index in [1.54, 1.807) is 0 Å². The highest BCUT2D eigenvalue weighted by molar-refractivity contribution is 5.17. The first-order chi connectivity index (χ1) is 11.1. The van der Waals surface area contributed by atoms with Crippen LogP contribution >= 0.6 is 0 Å². The maximum absolute atomic E-state index is 10.5. The summed E-state index contributed by atoms with van der Waals surface area (Å²) in [6, 6.07) is 21.8. The Bertz CT molecular complexity index is 552. The molecule has 2 nitrogen and oxygen atoms in total. The molecule has 1 aliphatic rings. The Hall–Kier alpha value is -1.64. The predicted molar refractivity (Wildman–Crippen MR) is 95.0 cm³/mol. The number of benzene rings is 2. The Labute approximate surface area is 139 Å². The second kappa shape index (κ2) is 7.29. The molecule has 0 saturated heterocycles. The molecule has 2 heteroatoms. The lowest BCUT2D eigenvalue weighted by atomic mass is 9.82. The third kappa shape index (κ3) is 4.66. The molecule has 0 amide bonds. The summed E-state index contributed by atoms with van der Waals surface area (Å²) in [5.41, 5.74) is 2.16. The highest BCUT2D eigenvalue weighted by atomic mass is 16.3. The van der Waals surface area contributed by atoms with Gasteiger partial charge in [-0.1, -0.05) is 60.7 Å². The van der Waals surface area contributed by atoms with E-state index in [4.69, 9.17) is 0 Å². The third-order valence-electron chi connectivity index (χ3n) is 4.90. The molecular formula is C21H27NO. The minimum atomic E-state index is -0.519. The zero-order chi connectivity index (χ0) is 16.1. The van der Waals surface area contributed by atoms with Crippen LogP contribution < -0.4 is 0 Å². The molecular weight excluding hydrogens is 282 g/mol. The van der Waals surface area contributed by atoms with Gasteiger partial charge in [-0.05, 0) is 43.7 Å². The van der Waals surface area contributed by atoms with Gasteiger partial charge < -0.3 is 5.11 Å². The number of rotatable bonds is 5. The molecule has 0 spiro atoms.